The molecule has 4 heteroatoms. The number of aromatic nitrogens is 1. The van der Waals surface area contributed by atoms with Gasteiger partial charge in [0.25, 0.3) is 0 Å². The molecule has 0 aliphatic heterocycles. The molecule has 1 aromatic heterocycles. The summed E-state index contributed by atoms with van der Waals surface area (Å²) < 4.78 is 6.89. The van der Waals surface area contributed by atoms with Crippen LogP contribution in [0.2, 0.25) is 0 Å². The van der Waals surface area contributed by atoms with Crippen molar-refractivity contribution >= 4 is 0 Å². The molecule has 4 nitrogen and oxygen atoms in total. The van der Waals surface area contributed by atoms with Crippen molar-refractivity contribution in [3.05, 3.63) is 23.8 Å². The highest BCUT2D eigenvalue weighted by molar-refractivity contribution is 5.15. The quantitative estimate of drug-likeness (QED) is 0.449. The van der Waals surface area contributed by atoms with Crippen molar-refractivity contribution in [1.29, 1.82) is 0 Å². The third kappa shape index (κ3) is 1.52. The minimum Gasteiger partial charge on any atom is -0.493 e. The number of hydrogen-bond donors (Lipinski definition) is 1. The van der Waals surface area contributed by atoms with Crippen LogP contribution in [0.5, 0.6) is 5.75 Å². The van der Waals surface area contributed by atoms with Gasteiger partial charge in [-0.25, -0.2) is 0 Å². The highest BCUT2D eigenvalue weighted by Gasteiger charge is 1.93. The molecule has 0 fully saturated rings. The van der Waals surface area contributed by atoms with Gasteiger partial charge in [0.05, 0.1) is 7.11 Å². The van der Waals surface area contributed by atoms with Gasteiger partial charge >= 0.3 is 0 Å². The Balaban J connectivity index is 3.29. The summed E-state index contributed by atoms with van der Waals surface area (Å²) >= 11 is 0. The van der Waals surface area contributed by atoms with Gasteiger partial charge in [-0.05, 0) is 6.07 Å². The van der Waals surface area contributed by atoms with Gasteiger partial charge in [0, 0.05) is 19.4 Å². The third-order valence-corrected chi connectivity index (χ3v) is 1.40. The van der Waals surface area contributed by atoms with Crippen molar-refractivity contribution < 1.29 is 4.74 Å². The Kier molecular flexibility index (Phi) is 2.15. The predicted octanol–water partition coefficient (Wildman–Crippen LogP) is -0.192. The maximum absolute atomic E-state index is 5.11. The fourth-order valence-corrected chi connectivity index (χ4v) is 0.828. The lowest BCUT2D eigenvalue weighted by molar-refractivity contribution is 0.404. The molecule has 0 amide bonds. The van der Waals surface area contributed by atoms with E-state index in [-0.39, 0.29) is 0 Å². The molecule has 0 saturated carbocycles. The molecule has 1 rings (SSSR count). The molecule has 0 aliphatic carbocycles. The molecule has 0 aliphatic rings. The van der Waals surface area contributed by atoms with Gasteiger partial charge in [-0.15, -0.1) is 0 Å². The van der Waals surface area contributed by atoms with Crippen molar-refractivity contribution in [2.45, 2.75) is 0 Å². The summed E-state index contributed by atoms with van der Waals surface area (Å²) in [7, 11) is 3.49. The Bertz CT molecular complexity index is 303. The molecule has 0 atom stereocenters. The van der Waals surface area contributed by atoms with Crippen LogP contribution in [-0.2, 0) is 7.05 Å². The minimum atomic E-state index is 0.658. The molecule has 11 heavy (non-hydrogen) atoms. The molecule has 0 spiro atoms. The standard InChI is InChI=1S/C7H11N3O/c1-10-4-3-6(9-8)7(5-10)11-2/h3-5H,8H2,1-2H3/b9-6+. The first kappa shape index (κ1) is 7.65. The van der Waals surface area contributed by atoms with Gasteiger partial charge in [0.15, 0.2) is 5.75 Å². The van der Waals surface area contributed by atoms with Gasteiger partial charge in [0.2, 0.25) is 0 Å². The van der Waals surface area contributed by atoms with Crippen molar-refractivity contribution in [1.82, 2.24) is 4.57 Å². The van der Waals surface area contributed by atoms with Gasteiger partial charge in [-0.2, -0.15) is 5.10 Å². The van der Waals surface area contributed by atoms with E-state index in [0.29, 0.717) is 11.1 Å². The number of aryl methyl sites for hydroxylation is 1. The molecule has 1 heterocycles. The van der Waals surface area contributed by atoms with Crippen molar-refractivity contribution in [2.24, 2.45) is 18.0 Å². The summed E-state index contributed by atoms with van der Waals surface area (Å²) in [4.78, 5) is 0. The molecule has 60 valence electrons. The number of nitrogens with two attached hydrogens (primary N) is 1. The molecule has 0 radical (unpaired) electrons. The number of methoxy groups -OCH3 is 1. The molecule has 2 N–H and O–H groups in total. The van der Waals surface area contributed by atoms with Crippen LogP contribution in [0.1, 0.15) is 0 Å². The van der Waals surface area contributed by atoms with Crippen LogP contribution in [0.3, 0.4) is 0 Å². The van der Waals surface area contributed by atoms with Crippen LogP contribution in [0.25, 0.3) is 0 Å². The van der Waals surface area contributed by atoms with E-state index < -0.39 is 0 Å². The fraction of sp³-hybridized carbons (Fsp3) is 0.286. The highest BCUT2D eigenvalue weighted by Crippen LogP contribution is 1.98. The number of rotatable bonds is 1. The lowest BCUT2D eigenvalue weighted by Gasteiger charge is -2.02. The highest BCUT2D eigenvalue weighted by atomic mass is 16.5. The molecular formula is C7H11N3O. The average Bonchev–Trinajstić information content (AvgIpc) is 2.04. The Labute approximate surface area is 64.9 Å². The third-order valence-electron chi connectivity index (χ3n) is 1.40. The summed E-state index contributed by atoms with van der Waals surface area (Å²) in [6, 6.07) is 1.79. The summed E-state index contributed by atoms with van der Waals surface area (Å²) in [5.74, 6) is 5.79. The fourth-order valence-electron chi connectivity index (χ4n) is 0.828. The van der Waals surface area contributed by atoms with E-state index in [4.69, 9.17) is 10.6 Å². The first-order valence-electron chi connectivity index (χ1n) is 3.22. The zero-order valence-electron chi connectivity index (χ0n) is 6.61. The van der Waals surface area contributed by atoms with Crippen LogP contribution in [0.15, 0.2) is 23.6 Å². The van der Waals surface area contributed by atoms with Crippen molar-refractivity contribution in [3.8, 4) is 5.75 Å². The molecule has 0 bridgehead atoms. The van der Waals surface area contributed by atoms with Crippen LogP contribution < -0.4 is 15.9 Å². The summed E-state index contributed by atoms with van der Waals surface area (Å²) in [5.41, 5.74) is 0. The first-order valence-corrected chi connectivity index (χ1v) is 3.22. The topological polar surface area (TPSA) is 52.5 Å². The van der Waals surface area contributed by atoms with Crippen LogP contribution >= 0.6 is 0 Å². The molecule has 0 unspecified atom stereocenters. The number of hydrogen-bond acceptors (Lipinski definition) is 3. The van der Waals surface area contributed by atoms with E-state index >= 15 is 0 Å². The van der Waals surface area contributed by atoms with E-state index in [0.717, 1.165) is 0 Å². The van der Waals surface area contributed by atoms with Gasteiger partial charge in [0.1, 0.15) is 5.36 Å². The predicted molar refractivity (Wildman–Crippen MR) is 41.7 cm³/mol. The average molecular weight is 153 g/mol. The molecule has 0 aromatic carbocycles. The van der Waals surface area contributed by atoms with E-state index in [2.05, 4.69) is 5.10 Å². The Morgan fingerprint density at radius 3 is 2.91 bits per heavy atom. The van der Waals surface area contributed by atoms with Gasteiger partial charge in [-0.3, -0.25) is 0 Å². The summed E-state index contributed by atoms with van der Waals surface area (Å²) in [5, 5.41) is 4.20. The zero-order valence-corrected chi connectivity index (χ0v) is 6.61. The SMILES string of the molecule is COc1cn(C)cc/c1=N\N. The lowest BCUT2D eigenvalue weighted by Crippen LogP contribution is -2.10. The second-order valence-electron chi connectivity index (χ2n) is 2.19. The van der Waals surface area contributed by atoms with Crippen LogP contribution in [0.4, 0.5) is 0 Å². The van der Waals surface area contributed by atoms with Crippen molar-refractivity contribution in [2.75, 3.05) is 7.11 Å². The van der Waals surface area contributed by atoms with Crippen LogP contribution in [0, 0.1) is 0 Å². The second-order valence-corrected chi connectivity index (χ2v) is 2.19. The van der Waals surface area contributed by atoms with E-state index in [9.17, 15) is 0 Å². The maximum Gasteiger partial charge on any atom is 0.162 e. The monoisotopic (exact) mass is 153 g/mol. The van der Waals surface area contributed by atoms with E-state index in [1.54, 1.807) is 13.2 Å². The molecule has 0 saturated heterocycles. The van der Waals surface area contributed by atoms with Crippen molar-refractivity contribution in [3.63, 3.8) is 0 Å². The first-order chi connectivity index (χ1) is 5.27. The molecular weight excluding hydrogens is 142 g/mol. The lowest BCUT2D eigenvalue weighted by atomic mass is 10.4. The van der Waals surface area contributed by atoms with Crippen LogP contribution in [-0.4, -0.2) is 11.7 Å². The number of pyridine rings is 1. The maximum atomic E-state index is 5.11. The zero-order chi connectivity index (χ0) is 8.27. The summed E-state index contributed by atoms with van der Waals surface area (Å²) in [6.07, 6.45) is 3.67. The van der Waals surface area contributed by atoms with Gasteiger partial charge in [-0.1, -0.05) is 0 Å². The Hall–Kier alpha value is -1.45. The Morgan fingerprint density at radius 2 is 2.36 bits per heavy atom. The smallest absolute Gasteiger partial charge is 0.162 e. The van der Waals surface area contributed by atoms with Gasteiger partial charge < -0.3 is 15.1 Å². The second kappa shape index (κ2) is 3.09. The normalized spacial score (nSPS) is 11.6. The molecule has 1 aromatic rings. The number of ether oxygens (including phenoxy) is 1. The van der Waals surface area contributed by atoms with E-state index in [1.165, 1.54) is 0 Å². The summed E-state index contributed by atoms with van der Waals surface area (Å²) in [6.45, 7) is 0. The largest absolute Gasteiger partial charge is 0.493 e. The minimum absolute atomic E-state index is 0.658. The number of nitrogens with zero attached hydrogens (tertiary/aromatic N) is 2. The Morgan fingerprint density at radius 1 is 1.64 bits per heavy atom. The van der Waals surface area contributed by atoms with E-state index in [1.807, 2.05) is 24.0 Å².